The van der Waals surface area contributed by atoms with Gasteiger partial charge in [0.05, 0.1) is 30.0 Å². The number of hydrogen-bond acceptors (Lipinski definition) is 12. The number of ether oxygens (including phenoxy) is 6. The predicted octanol–water partition coefficient (Wildman–Crippen LogP) is -2.52. The summed E-state index contributed by atoms with van der Waals surface area (Å²) in [5.41, 5.74) is -7.55. The summed E-state index contributed by atoms with van der Waals surface area (Å²) in [6.45, 7) is 0.503. The van der Waals surface area contributed by atoms with Gasteiger partial charge in [-0.3, -0.25) is 4.79 Å². The third-order valence-corrected chi connectivity index (χ3v) is 8.57. The molecule has 2 spiro atoms. The summed E-state index contributed by atoms with van der Waals surface area (Å²) in [6.07, 6.45) is -6.23. The van der Waals surface area contributed by atoms with E-state index in [9.17, 15) is 29.4 Å². The molecule has 3 N–H and O–H groups in total. The van der Waals surface area contributed by atoms with Crippen LogP contribution in [0.1, 0.15) is 19.8 Å². The highest BCUT2D eigenvalue weighted by Crippen LogP contribution is 2.82. The van der Waals surface area contributed by atoms with E-state index < -0.39 is 89.1 Å². The van der Waals surface area contributed by atoms with E-state index in [1.807, 2.05) is 0 Å². The standard InChI is InChI=1S/C20H22O13/c1-7-13(24)31-11-10(23)18-8-2-3-17(18)12(29-5-4-28-6-9(21)22)14(25)32-16(17)33-20(18,15(26)30-8)19(7,11)27/h7-8,10-12,16,23,27H,2-6H2,1H3,(H,21,22)/t7?,8?,10-,11-,12-,16-,17?,18-,19+,20+/m0/s1. The van der Waals surface area contributed by atoms with Gasteiger partial charge in [-0.1, -0.05) is 0 Å². The topological polar surface area (TPSA) is 184 Å². The Morgan fingerprint density at radius 3 is 2.64 bits per heavy atom. The van der Waals surface area contributed by atoms with Gasteiger partial charge >= 0.3 is 23.9 Å². The molecule has 6 fully saturated rings. The summed E-state index contributed by atoms with van der Waals surface area (Å²) in [5.74, 6) is -4.93. The van der Waals surface area contributed by atoms with Crippen molar-refractivity contribution >= 4 is 23.9 Å². The van der Waals surface area contributed by atoms with Gasteiger partial charge < -0.3 is 43.7 Å². The summed E-state index contributed by atoms with van der Waals surface area (Å²) < 4.78 is 33.2. The molecule has 0 aromatic rings. The number of aliphatic hydroxyl groups is 2. The van der Waals surface area contributed by atoms with Gasteiger partial charge in [-0.2, -0.15) is 0 Å². The van der Waals surface area contributed by atoms with Crippen molar-refractivity contribution in [2.75, 3.05) is 19.8 Å². The molecule has 6 rings (SSSR count). The minimum atomic E-state index is -2.25. The molecule has 6 aliphatic rings. The molecular formula is C20H22O13. The first-order chi connectivity index (χ1) is 15.6. The molecule has 10 atom stereocenters. The summed E-state index contributed by atoms with van der Waals surface area (Å²) >= 11 is 0. The van der Waals surface area contributed by atoms with E-state index in [1.165, 1.54) is 6.92 Å². The van der Waals surface area contributed by atoms with E-state index in [0.29, 0.717) is 0 Å². The van der Waals surface area contributed by atoms with Crippen LogP contribution in [-0.4, -0.2) is 101 Å². The Labute approximate surface area is 185 Å². The monoisotopic (exact) mass is 470 g/mol. The molecule has 0 aromatic carbocycles. The number of carboxylic acids is 1. The van der Waals surface area contributed by atoms with Crippen LogP contribution in [0.3, 0.4) is 0 Å². The van der Waals surface area contributed by atoms with E-state index >= 15 is 0 Å². The second-order valence-electron chi connectivity index (χ2n) is 9.46. The first-order valence-electron chi connectivity index (χ1n) is 10.7. The van der Waals surface area contributed by atoms with Gasteiger partial charge in [0.2, 0.25) is 11.9 Å². The number of rotatable bonds is 6. The van der Waals surface area contributed by atoms with Crippen LogP contribution in [0.5, 0.6) is 0 Å². The number of carboxylic acid groups (broad SMARTS) is 1. The lowest BCUT2D eigenvalue weighted by Gasteiger charge is -2.43. The Bertz CT molecular complexity index is 981. The van der Waals surface area contributed by atoms with Crippen LogP contribution in [0.2, 0.25) is 0 Å². The highest BCUT2D eigenvalue weighted by Gasteiger charge is 3.02. The van der Waals surface area contributed by atoms with E-state index in [-0.39, 0.29) is 26.1 Å². The molecule has 0 bridgehead atoms. The van der Waals surface area contributed by atoms with Crippen molar-refractivity contribution in [3.63, 3.8) is 0 Å². The quantitative estimate of drug-likeness (QED) is 0.210. The van der Waals surface area contributed by atoms with E-state index in [4.69, 9.17) is 33.5 Å². The molecule has 13 heteroatoms. The van der Waals surface area contributed by atoms with Gasteiger partial charge in [0.15, 0.2) is 17.8 Å². The van der Waals surface area contributed by atoms with E-state index in [0.717, 1.165) is 0 Å². The maximum atomic E-state index is 13.3. The Hall–Kier alpha value is -2.32. The van der Waals surface area contributed by atoms with Crippen molar-refractivity contribution in [3.05, 3.63) is 0 Å². The van der Waals surface area contributed by atoms with Crippen molar-refractivity contribution in [2.45, 2.75) is 61.7 Å². The SMILES string of the molecule is CC1C(=O)O[C@H]2[C@H](O)[C@@]34C5CCC36[C@@H](OC(=O)[C@@H]6OCCOCC(=O)O)O[C@@]4(C(=O)O5)[C@@]12O. The zero-order chi connectivity index (χ0) is 23.6. The number of esters is 3. The lowest BCUT2D eigenvalue weighted by atomic mass is 9.55. The molecule has 13 nitrogen and oxygen atoms in total. The van der Waals surface area contributed by atoms with Crippen molar-refractivity contribution in [1.82, 2.24) is 0 Å². The molecule has 4 saturated heterocycles. The minimum absolute atomic E-state index is 0.140. The van der Waals surface area contributed by atoms with Crippen LogP contribution >= 0.6 is 0 Å². The maximum absolute atomic E-state index is 13.3. The van der Waals surface area contributed by atoms with Crippen LogP contribution < -0.4 is 0 Å². The van der Waals surface area contributed by atoms with Crippen LogP contribution in [-0.2, 0) is 47.6 Å². The molecule has 180 valence electrons. The number of aliphatic carboxylic acids is 1. The lowest BCUT2D eigenvalue weighted by Crippen LogP contribution is -2.66. The number of hydrogen-bond donors (Lipinski definition) is 3. The fourth-order valence-corrected chi connectivity index (χ4v) is 7.55. The molecule has 3 unspecified atom stereocenters. The van der Waals surface area contributed by atoms with E-state index in [1.54, 1.807) is 0 Å². The number of aliphatic hydroxyl groups excluding tert-OH is 1. The van der Waals surface area contributed by atoms with Crippen molar-refractivity contribution in [1.29, 1.82) is 0 Å². The van der Waals surface area contributed by atoms with Crippen LogP contribution in [0, 0.1) is 16.7 Å². The number of carbonyl (C=O) groups excluding carboxylic acids is 3. The van der Waals surface area contributed by atoms with Crippen molar-refractivity contribution in [3.8, 4) is 0 Å². The third-order valence-electron chi connectivity index (χ3n) is 8.57. The second-order valence-corrected chi connectivity index (χ2v) is 9.46. The maximum Gasteiger partial charge on any atom is 0.343 e. The fraction of sp³-hybridized carbons (Fsp3) is 0.800. The molecule has 4 heterocycles. The minimum Gasteiger partial charge on any atom is -0.480 e. The highest BCUT2D eigenvalue weighted by atomic mass is 16.8. The predicted molar refractivity (Wildman–Crippen MR) is 95.9 cm³/mol. The van der Waals surface area contributed by atoms with Gasteiger partial charge in [0, 0.05) is 0 Å². The third kappa shape index (κ3) is 1.89. The van der Waals surface area contributed by atoms with Crippen LogP contribution in [0.25, 0.3) is 0 Å². The highest BCUT2D eigenvalue weighted by molar-refractivity contribution is 5.94. The Kier molecular flexibility index (Phi) is 4.00. The smallest absolute Gasteiger partial charge is 0.343 e. The molecular weight excluding hydrogens is 448 g/mol. The summed E-state index contributed by atoms with van der Waals surface area (Å²) in [6, 6.07) is 0. The molecule has 2 saturated carbocycles. The average molecular weight is 470 g/mol. The lowest BCUT2D eigenvalue weighted by molar-refractivity contribution is -0.237. The summed E-state index contributed by atoms with van der Waals surface area (Å²) in [7, 11) is 0. The first kappa shape index (κ1) is 21.2. The van der Waals surface area contributed by atoms with Crippen LogP contribution in [0.4, 0.5) is 0 Å². The number of carbonyl (C=O) groups is 4. The Morgan fingerprint density at radius 2 is 1.91 bits per heavy atom. The summed E-state index contributed by atoms with van der Waals surface area (Å²) in [5, 5.41) is 32.1. The molecule has 4 aliphatic heterocycles. The van der Waals surface area contributed by atoms with E-state index in [2.05, 4.69) is 0 Å². The van der Waals surface area contributed by atoms with Crippen molar-refractivity contribution < 1.29 is 62.9 Å². The number of fused-ring (bicyclic) bond motifs is 1. The fourth-order valence-electron chi connectivity index (χ4n) is 7.55. The van der Waals surface area contributed by atoms with Gasteiger partial charge in [-0.15, -0.1) is 0 Å². The normalized spacial score (nSPS) is 52.8. The Morgan fingerprint density at radius 1 is 1.15 bits per heavy atom. The molecule has 0 aromatic heterocycles. The van der Waals surface area contributed by atoms with Crippen LogP contribution in [0.15, 0.2) is 0 Å². The molecule has 33 heavy (non-hydrogen) atoms. The molecule has 0 radical (unpaired) electrons. The molecule has 0 amide bonds. The van der Waals surface area contributed by atoms with Gasteiger partial charge in [-0.25, -0.2) is 14.4 Å². The molecule has 2 aliphatic carbocycles. The van der Waals surface area contributed by atoms with Gasteiger partial charge in [0.25, 0.3) is 0 Å². The zero-order valence-electron chi connectivity index (χ0n) is 17.4. The second kappa shape index (κ2) is 6.21. The summed E-state index contributed by atoms with van der Waals surface area (Å²) in [4.78, 5) is 49.1. The van der Waals surface area contributed by atoms with Gasteiger partial charge in [0.1, 0.15) is 18.8 Å². The first-order valence-corrected chi connectivity index (χ1v) is 10.7. The zero-order valence-corrected chi connectivity index (χ0v) is 17.4. The average Bonchev–Trinajstić information content (AvgIpc) is 3.47. The Balaban J connectivity index is 1.44. The largest absolute Gasteiger partial charge is 0.480 e. The van der Waals surface area contributed by atoms with Crippen molar-refractivity contribution in [2.24, 2.45) is 16.7 Å². The van der Waals surface area contributed by atoms with Gasteiger partial charge in [-0.05, 0) is 19.8 Å².